The van der Waals surface area contributed by atoms with E-state index in [4.69, 9.17) is 0 Å². The van der Waals surface area contributed by atoms with Crippen molar-refractivity contribution < 1.29 is 8.42 Å². The lowest BCUT2D eigenvalue weighted by Gasteiger charge is -2.17. The Bertz CT molecular complexity index is 858. The molecule has 0 aliphatic carbocycles. The summed E-state index contributed by atoms with van der Waals surface area (Å²) in [6, 6.07) is 12.0. The lowest BCUT2D eigenvalue weighted by molar-refractivity contribution is 0.581. The number of fused-ring (bicyclic) bond motifs is 1. The van der Waals surface area contributed by atoms with Gasteiger partial charge in [0.05, 0.1) is 11.3 Å². The Balaban J connectivity index is 0.00000364. The van der Waals surface area contributed by atoms with Gasteiger partial charge in [-0.15, -0.1) is 24.0 Å². The van der Waals surface area contributed by atoms with Crippen molar-refractivity contribution in [2.24, 2.45) is 4.99 Å². The number of benzene rings is 1. The topological polar surface area (TPSA) is 95.5 Å². The average molecular weight is 505 g/mol. The van der Waals surface area contributed by atoms with Gasteiger partial charge < -0.3 is 16.0 Å². The van der Waals surface area contributed by atoms with Gasteiger partial charge in [0.1, 0.15) is 15.7 Å². The first-order valence-corrected chi connectivity index (χ1v) is 10.7. The Morgan fingerprint density at radius 3 is 2.63 bits per heavy atom. The van der Waals surface area contributed by atoms with Gasteiger partial charge in [-0.2, -0.15) is 0 Å². The summed E-state index contributed by atoms with van der Waals surface area (Å²) in [4.78, 5) is 8.73. The zero-order valence-corrected chi connectivity index (χ0v) is 19.0. The van der Waals surface area contributed by atoms with E-state index in [1.807, 2.05) is 43.3 Å². The highest BCUT2D eigenvalue weighted by atomic mass is 127. The third kappa shape index (κ3) is 8.74. The number of sulfone groups is 1. The lowest BCUT2D eigenvalue weighted by atomic mass is 10.2. The fourth-order valence-corrected chi connectivity index (χ4v) is 3.21. The minimum Gasteiger partial charge on any atom is -0.368 e. The van der Waals surface area contributed by atoms with Crippen LogP contribution in [0.4, 0.5) is 5.82 Å². The molecule has 1 atom stereocenters. The molecule has 150 valence electrons. The van der Waals surface area contributed by atoms with Crippen LogP contribution < -0.4 is 16.0 Å². The summed E-state index contributed by atoms with van der Waals surface area (Å²) in [7, 11) is -1.25. The van der Waals surface area contributed by atoms with E-state index in [1.54, 1.807) is 7.05 Å². The number of guanidine groups is 1. The molecule has 27 heavy (non-hydrogen) atoms. The Morgan fingerprint density at radius 1 is 1.19 bits per heavy atom. The van der Waals surface area contributed by atoms with Crippen LogP contribution in [0.5, 0.6) is 0 Å². The van der Waals surface area contributed by atoms with Crippen LogP contribution >= 0.6 is 24.0 Å². The Labute approximate surface area is 178 Å². The zero-order chi connectivity index (χ0) is 19.0. The van der Waals surface area contributed by atoms with Gasteiger partial charge >= 0.3 is 0 Å². The third-order valence-corrected chi connectivity index (χ3v) is 4.83. The SMILES string of the molecule is CN=C(NCCNc1ccc2ccccc2n1)NC(C)CCS(C)(=O)=O.I. The molecule has 1 heterocycles. The number of para-hydroxylation sites is 1. The second-order valence-corrected chi connectivity index (χ2v) is 8.54. The molecule has 9 heteroatoms. The first-order chi connectivity index (χ1) is 12.4. The monoisotopic (exact) mass is 505 g/mol. The smallest absolute Gasteiger partial charge is 0.191 e. The van der Waals surface area contributed by atoms with Crippen molar-refractivity contribution in [2.45, 2.75) is 19.4 Å². The molecule has 1 aromatic heterocycles. The summed E-state index contributed by atoms with van der Waals surface area (Å²) in [5.41, 5.74) is 0.961. The maximum Gasteiger partial charge on any atom is 0.191 e. The summed E-state index contributed by atoms with van der Waals surface area (Å²) >= 11 is 0. The number of hydrogen-bond acceptors (Lipinski definition) is 5. The summed E-state index contributed by atoms with van der Waals surface area (Å²) in [6.45, 7) is 3.28. The molecule has 0 aliphatic heterocycles. The van der Waals surface area contributed by atoms with Gasteiger partial charge in [0, 0.05) is 37.8 Å². The Morgan fingerprint density at radius 2 is 1.93 bits per heavy atom. The highest BCUT2D eigenvalue weighted by Gasteiger charge is 2.09. The molecular weight excluding hydrogens is 477 g/mol. The minimum absolute atomic E-state index is 0. The highest BCUT2D eigenvalue weighted by Crippen LogP contribution is 2.14. The standard InChI is InChI=1S/C18H27N5O2S.HI/c1-14(10-13-26(3,24)25)22-18(19-2)21-12-11-20-17-9-8-15-6-4-5-7-16(15)23-17;/h4-9,14H,10-13H2,1-3H3,(H,20,23)(H2,19,21,22);1H. The van der Waals surface area contributed by atoms with Crippen LogP contribution in [-0.4, -0.2) is 57.5 Å². The summed E-state index contributed by atoms with van der Waals surface area (Å²) in [6.07, 6.45) is 1.79. The highest BCUT2D eigenvalue weighted by molar-refractivity contribution is 14.0. The molecule has 0 saturated heterocycles. The van der Waals surface area contributed by atoms with E-state index in [-0.39, 0.29) is 35.8 Å². The third-order valence-electron chi connectivity index (χ3n) is 3.85. The van der Waals surface area contributed by atoms with Gasteiger partial charge in [0.25, 0.3) is 0 Å². The predicted octanol–water partition coefficient (Wildman–Crippen LogP) is 2.25. The Kier molecular flexibility index (Phi) is 9.78. The zero-order valence-electron chi connectivity index (χ0n) is 15.9. The molecule has 3 N–H and O–H groups in total. The number of nitrogens with one attached hydrogen (secondary N) is 3. The lowest BCUT2D eigenvalue weighted by Crippen LogP contribution is -2.44. The molecule has 0 saturated carbocycles. The largest absolute Gasteiger partial charge is 0.368 e. The maximum absolute atomic E-state index is 11.2. The van der Waals surface area contributed by atoms with Crippen molar-refractivity contribution in [3.63, 3.8) is 0 Å². The molecule has 0 bridgehead atoms. The fraction of sp³-hybridized carbons (Fsp3) is 0.444. The van der Waals surface area contributed by atoms with Gasteiger partial charge in [-0.1, -0.05) is 18.2 Å². The molecule has 1 unspecified atom stereocenters. The molecule has 1 aromatic carbocycles. The molecule has 2 rings (SSSR count). The number of aliphatic imine (C=N–C) groups is 1. The molecule has 0 aliphatic rings. The Hall–Kier alpha value is -1.62. The van der Waals surface area contributed by atoms with E-state index >= 15 is 0 Å². The summed E-state index contributed by atoms with van der Waals surface area (Å²) in [5.74, 6) is 1.64. The van der Waals surface area contributed by atoms with E-state index in [0.717, 1.165) is 16.7 Å². The minimum atomic E-state index is -2.95. The number of rotatable bonds is 8. The number of aromatic nitrogens is 1. The number of nitrogens with zero attached hydrogens (tertiary/aromatic N) is 2. The van der Waals surface area contributed by atoms with Gasteiger partial charge in [-0.25, -0.2) is 13.4 Å². The maximum atomic E-state index is 11.2. The van der Waals surface area contributed by atoms with Crippen LogP contribution in [0.3, 0.4) is 0 Å². The fourth-order valence-electron chi connectivity index (χ4n) is 2.43. The summed E-state index contributed by atoms with van der Waals surface area (Å²) < 4.78 is 22.5. The van der Waals surface area contributed by atoms with Crippen LogP contribution in [0.2, 0.25) is 0 Å². The van der Waals surface area contributed by atoms with Crippen molar-refractivity contribution in [1.29, 1.82) is 0 Å². The van der Waals surface area contributed by atoms with Crippen molar-refractivity contribution in [3.05, 3.63) is 36.4 Å². The van der Waals surface area contributed by atoms with E-state index < -0.39 is 9.84 Å². The molecule has 0 radical (unpaired) electrons. The normalized spacial score (nSPS) is 12.9. The van der Waals surface area contributed by atoms with Gasteiger partial charge in [-0.05, 0) is 31.5 Å². The van der Waals surface area contributed by atoms with Crippen molar-refractivity contribution >= 4 is 56.5 Å². The molecule has 7 nitrogen and oxygen atoms in total. The van der Waals surface area contributed by atoms with E-state index in [1.165, 1.54) is 6.26 Å². The van der Waals surface area contributed by atoms with Crippen LogP contribution in [0, 0.1) is 0 Å². The van der Waals surface area contributed by atoms with Crippen LogP contribution in [0.15, 0.2) is 41.4 Å². The molecule has 0 amide bonds. The second-order valence-electron chi connectivity index (χ2n) is 6.28. The van der Waals surface area contributed by atoms with E-state index in [0.29, 0.717) is 25.5 Å². The molecule has 2 aromatic rings. The quantitative estimate of drug-likeness (QED) is 0.221. The van der Waals surface area contributed by atoms with Crippen molar-refractivity contribution in [2.75, 3.05) is 37.5 Å². The van der Waals surface area contributed by atoms with Gasteiger partial charge in [-0.3, -0.25) is 4.99 Å². The first-order valence-electron chi connectivity index (χ1n) is 8.62. The number of pyridine rings is 1. The van der Waals surface area contributed by atoms with Gasteiger partial charge in [0.15, 0.2) is 5.96 Å². The van der Waals surface area contributed by atoms with Crippen LogP contribution in [-0.2, 0) is 9.84 Å². The average Bonchev–Trinajstić information content (AvgIpc) is 2.61. The molecular formula is C18H28IN5O2S. The summed E-state index contributed by atoms with van der Waals surface area (Å²) in [5, 5.41) is 10.8. The van der Waals surface area contributed by atoms with E-state index in [2.05, 4.69) is 25.9 Å². The predicted molar refractivity (Wildman–Crippen MR) is 124 cm³/mol. The molecule has 0 fully saturated rings. The van der Waals surface area contributed by atoms with Crippen molar-refractivity contribution in [3.8, 4) is 0 Å². The van der Waals surface area contributed by atoms with Crippen LogP contribution in [0.25, 0.3) is 10.9 Å². The number of anilines is 1. The second kappa shape index (κ2) is 11.3. The molecule has 0 spiro atoms. The van der Waals surface area contributed by atoms with E-state index in [9.17, 15) is 8.42 Å². The van der Waals surface area contributed by atoms with Gasteiger partial charge in [0.2, 0.25) is 0 Å². The van der Waals surface area contributed by atoms with Crippen molar-refractivity contribution in [1.82, 2.24) is 15.6 Å². The first kappa shape index (κ1) is 23.4. The number of halogens is 1. The number of hydrogen-bond donors (Lipinski definition) is 3. The van der Waals surface area contributed by atoms with Crippen LogP contribution in [0.1, 0.15) is 13.3 Å².